The Bertz CT molecular complexity index is 2680. The van der Waals surface area contributed by atoms with Gasteiger partial charge in [0.1, 0.15) is 17.3 Å². The van der Waals surface area contributed by atoms with E-state index in [1.54, 1.807) is 0 Å². The Labute approximate surface area is 323 Å². The molecule has 0 atom stereocenters. The van der Waals surface area contributed by atoms with Crippen molar-refractivity contribution in [2.24, 2.45) is 0 Å². The lowest BCUT2D eigenvalue weighted by molar-refractivity contribution is 0.483. The van der Waals surface area contributed by atoms with Crippen LogP contribution in [0.15, 0.2) is 182 Å². The lowest BCUT2D eigenvalue weighted by atomic mass is 9.77. The Morgan fingerprint density at radius 1 is 0.509 bits per heavy atom. The molecule has 0 fully saturated rings. The number of benzene rings is 6. The van der Waals surface area contributed by atoms with E-state index in [0.717, 1.165) is 39.4 Å². The Balaban J connectivity index is 1.01. The third-order valence-electron chi connectivity index (χ3n) is 11.3. The van der Waals surface area contributed by atoms with Crippen molar-refractivity contribution < 1.29 is 4.74 Å². The Hall–Kier alpha value is -6.59. The number of nitrogens with zero attached hydrogens (tertiary/aromatic N) is 4. The fraction of sp³-hybridized carbons (Fsp3) is 0.140. The molecule has 0 bridgehead atoms. The van der Waals surface area contributed by atoms with Crippen LogP contribution in [-0.4, -0.2) is 16.2 Å². The second kappa shape index (κ2) is 13.7. The van der Waals surface area contributed by atoms with Crippen molar-refractivity contribution in [3.05, 3.63) is 205 Å². The first kappa shape index (κ1) is 34.2. The second-order valence-electron chi connectivity index (χ2n) is 15.4. The molecule has 0 unspecified atom stereocenters. The Kier molecular flexibility index (Phi) is 8.50. The monoisotopic (exact) mass is 716 g/mol. The van der Waals surface area contributed by atoms with Crippen molar-refractivity contribution in [2.45, 2.75) is 38.5 Å². The van der Waals surface area contributed by atoms with Gasteiger partial charge in [0.2, 0.25) is 0 Å². The van der Waals surface area contributed by atoms with Crippen molar-refractivity contribution in [3.63, 3.8) is 0 Å². The molecule has 6 aromatic carbocycles. The normalized spacial score (nSPS) is 13.2. The van der Waals surface area contributed by atoms with Gasteiger partial charge in [0, 0.05) is 63.7 Å². The van der Waals surface area contributed by atoms with Crippen LogP contribution in [0, 0.1) is 0 Å². The van der Waals surface area contributed by atoms with E-state index in [2.05, 4.69) is 212 Å². The highest BCUT2D eigenvalue weighted by Gasteiger charge is 2.29. The maximum atomic E-state index is 6.64. The van der Waals surface area contributed by atoms with Crippen LogP contribution in [0.5, 0.6) is 11.5 Å². The first-order valence-electron chi connectivity index (χ1n) is 19.0. The van der Waals surface area contributed by atoms with Gasteiger partial charge < -0.3 is 14.5 Å². The number of ether oxygens (including phenoxy) is 1. The molecule has 0 aliphatic carbocycles. The SMILES string of the molecule is CC(C)(c1ccccc1)c1ccnc(-n2c3ccccc3c3ccc(Oc4cccc(N5C=CN(c6ccccc6C(C)(C)c6ccccc6)C5)c4)cc32)c1. The average Bonchev–Trinajstić information content (AvgIpc) is 3.85. The molecule has 1 aliphatic heterocycles. The summed E-state index contributed by atoms with van der Waals surface area (Å²) in [6.07, 6.45) is 6.25. The summed E-state index contributed by atoms with van der Waals surface area (Å²) < 4.78 is 8.90. The van der Waals surface area contributed by atoms with E-state index in [4.69, 9.17) is 9.72 Å². The highest BCUT2D eigenvalue weighted by molar-refractivity contribution is 6.09. The first-order valence-corrected chi connectivity index (χ1v) is 19.0. The van der Waals surface area contributed by atoms with Crippen LogP contribution in [0.4, 0.5) is 11.4 Å². The summed E-state index contributed by atoms with van der Waals surface area (Å²) in [5, 5.41) is 2.34. The van der Waals surface area contributed by atoms with Crippen molar-refractivity contribution in [1.29, 1.82) is 0 Å². The minimum atomic E-state index is -0.194. The molecular weight excluding hydrogens is 673 g/mol. The number of para-hydroxylation sites is 2. The van der Waals surface area contributed by atoms with E-state index in [9.17, 15) is 0 Å². The predicted octanol–water partition coefficient (Wildman–Crippen LogP) is 12.4. The first-order chi connectivity index (χ1) is 26.8. The number of aromatic nitrogens is 2. The smallest absolute Gasteiger partial charge is 0.137 e. The molecule has 0 saturated carbocycles. The molecule has 5 nitrogen and oxygen atoms in total. The van der Waals surface area contributed by atoms with Crippen LogP contribution in [0.1, 0.15) is 49.9 Å². The van der Waals surface area contributed by atoms with Gasteiger partial charge in [-0.25, -0.2) is 4.98 Å². The van der Waals surface area contributed by atoms with E-state index in [1.807, 2.05) is 12.3 Å². The molecule has 0 spiro atoms. The minimum absolute atomic E-state index is 0.155. The van der Waals surface area contributed by atoms with Gasteiger partial charge in [-0.1, -0.05) is 131 Å². The van der Waals surface area contributed by atoms with Gasteiger partial charge in [0.15, 0.2) is 0 Å². The van der Waals surface area contributed by atoms with Crippen molar-refractivity contribution in [3.8, 4) is 17.3 Å². The summed E-state index contributed by atoms with van der Waals surface area (Å²) in [4.78, 5) is 9.51. The van der Waals surface area contributed by atoms with Gasteiger partial charge in [0.05, 0.1) is 17.7 Å². The van der Waals surface area contributed by atoms with Crippen LogP contribution >= 0.6 is 0 Å². The van der Waals surface area contributed by atoms with E-state index < -0.39 is 0 Å². The highest BCUT2D eigenvalue weighted by atomic mass is 16.5. The fourth-order valence-corrected chi connectivity index (χ4v) is 8.08. The largest absolute Gasteiger partial charge is 0.457 e. The summed E-state index contributed by atoms with van der Waals surface area (Å²) in [7, 11) is 0. The number of fused-ring (bicyclic) bond motifs is 3. The number of pyridine rings is 1. The van der Waals surface area contributed by atoms with Crippen molar-refractivity contribution in [1.82, 2.24) is 9.55 Å². The summed E-state index contributed by atoms with van der Waals surface area (Å²) in [5.41, 5.74) is 9.13. The standard InChI is InChI=1S/C50H44N4O/c1-49(2,36-16-7-5-8-17-36)38-28-29-51-48(32-38)54-45-24-13-11-22-42(45)43-27-26-41(34-47(43)54)55-40-21-15-20-39(33-40)52-30-31-53(35-52)46-25-14-12-23-44(46)50(3,4)37-18-9-6-10-19-37/h5-34H,35H2,1-4H3. The maximum absolute atomic E-state index is 6.64. The molecule has 1 aliphatic rings. The quantitative estimate of drug-likeness (QED) is 0.149. The Morgan fingerprint density at radius 3 is 1.96 bits per heavy atom. The number of hydrogen-bond acceptors (Lipinski definition) is 4. The van der Waals surface area contributed by atoms with Crippen LogP contribution < -0.4 is 14.5 Å². The zero-order valence-corrected chi connectivity index (χ0v) is 31.7. The van der Waals surface area contributed by atoms with Gasteiger partial charge in [-0.3, -0.25) is 4.57 Å². The lowest BCUT2D eigenvalue weighted by Gasteiger charge is -2.32. The summed E-state index contributed by atoms with van der Waals surface area (Å²) >= 11 is 0. The molecular formula is C50H44N4O. The highest BCUT2D eigenvalue weighted by Crippen LogP contribution is 2.40. The predicted molar refractivity (Wildman–Crippen MR) is 228 cm³/mol. The number of hydrogen-bond donors (Lipinski definition) is 0. The number of rotatable bonds is 9. The number of anilines is 2. The lowest BCUT2D eigenvalue weighted by Crippen LogP contribution is -2.28. The van der Waals surface area contributed by atoms with Crippen LogP contribution in [0.3, 0.4) is 0 Å². The second-order valence-corrected chi connectivity index (χ2v) is 15.4. The van der Waals surface area contributed by atoms with E-state index in [0.29, 0.717) is 6.67 Å². The van der Waals surface area contributed by atoms with Crippen molar-refractivity contribution in [2.75, 3.05) is 16.5 Å². The van der Waals surface area contributed by atoms with E-state index in [-0.39, 0.29) is 10.8 Å². The summed E-state index contributed by atoms with van der Waals surface area (Å²) in [6.45, 7) is 9.85. The van der Waals surface area contributed by atoms with Gasteiger partial charge in [0.25, 0.3) is 0 Å². The Morgan fingerprint density at radius 2 is 1.16 bits per heavy atom. The third kappa shape index (κ3) is 6.22. The van der Waals surface area contributed by atoms with Gasteiger partial charge >= 0.3 is 0 Å². The molecule has 9 rings (SSSR count). The third-order valence-corrected chi connectivity index (χ3v) is 11.3. The molecule has 3 heterocycles. The molecule has 0 saturated heterocycles. The van der Waals surface area contributed by atoms with Gasteiger partial charge in [-0.2, -0.15) is 0 Å². The maximum Gasteiger partial charge on any atom is 0.137 e. The van der Waals surface area contributed by atoms with Crippen molar-refractivity contribution >= 4 is 33.2 Å². The fourth-order valence-electron chi connectivity index (χ4n) is 8.08. The zero-order chi connectivity index (χ0) is 37.6. The molecule has 270 valence electrons. The molecule has 5 heteroatoms. The molecule has 0 radical (unpaired) electrons. The van der Waals surface area contributed by atoms with Crippen LogP contribution in [-0.2, 0) is 10.8 Å². The van der Waals surface area contributed by atoms with Crippen LogP contribution in [0.25, 0.3) is 27.6 Å². The average molecular weight is 717 g/mol. The van der Waals surface area contributed by atoms with Gasteiger partial charge in [-0.15, -0.1) is 0 Å². The van der Waals surface area contributed by atoms with E-state index in [1.165, 1.54) is 33.3 Å². The molecule has 0 N–H and O–H groups in total. The van der Waals surface area contributed by atoms with Gasteiger partial charge in [-0.05, 0) is 70.8 Å². The van der Waals surface area contributed by atoms with Crippen LogP contribution in [0.2, 0.25) is 0 Å². The zero-order valence-electron chi connectivity index (χ0n) is 31.7. The summed E-state index contributed by atoms with van der Waals surface area (Å²) in [5.74, 6) is 2.43. The molecule has 55 heavy (non-hydrogen) atoms. The molecule has 0 amide bonds. The molecule has 8 aromatic rings. The van der Waals surface area contributed by atoms with E-state index >= 15 is 0 Å². The molecule has 2 aromatic heterocycles. The topological polar surface area (TPSA) is 33.5 Å². The summed E-state index contributed by atoms with van der Waals surface area (Å²) in [6, 6.07) is 57.8. The minimum Gasteiger partial charge on any atom is -0.457 e.